The van der Waals surface area contributed by atoms with Gasteiger partial charge in [-0.15, -0.1) is 0 Å². The largest absolute Gasteiger partial charge is 0.368 e. The fraction of sp³-hybridized carbons (Fsp3) is 0.636. The predicted octanol–water partition coefficient (Wildman–Crippen LogP) is 1.49. The minimum absolute atomic E-state index is 0.211. The number of halogens is 1. The Morgan fingerprint density at radius 3 is 2.53 bits per heavy atom. The van der Waals surface area contributed by atoms with Crippen LogP contribution in [-0.4, -0.2) is 48.1 Å². The van der Waals surface area contributed by atoms with Crippen molar-refractivity contribution >= 4 is 23.4 Å². The average molecular weight is 258 g/mol. The second-order valence-corrected chi connectivity index (χ2v) is 4.69. The normalized spacial score (nSPS) is 12.8. The first-order chi connectivity index (χ1) is 7.93. The van der Waals surface area contributed by atoms with Gasteiger partial charge in [-0.25, -0.2) is 4.98 Å². The second-order valence-electron chi connectivity index (χ2n) is 4.30. The summed E-state index contributed by atoms with van der Waals surface area (Å²) in [5.74, 6) is 0.988. The van der Waals surface area contributed by atoms with Gasteiger partial charge in [-0.1, -0.05) is 11.6 Å². The number of rotatable bonds is 5. The van der Waals surface area contributed by atoms with Gasteiger partial charge in [0.1, 0.15) is 11.0 Å². The molecular formula is C11H20ClN5. The summed E-state index contributed by atoms with van der Waals surface area (Å²) in [6, 6.07) is 2.08. The standard InChI is InChI=1S/C11H20ClN5/c1-5-17(8(2)7-16(3)4)10-6-9(12)14-11(13)15-10/h6,8H,5,7H2,1-4H3,(H2,13,14,15). The van der Waals surface area contributed by atoms with E-state index in [-0.39, 0.29) is 5.95 Å². The van der Waals surface area contributed by atoms with Gasteiger partial charge in [0.25, 0.3) is 0 Å². The Balaban J connectivity index is 2.92. The van der Waals surface area contributed by atoms with Crippen LogP contribution in [0.4, 0.5) is 11.8 Å². The minimum Gasteiger partial charge on any atom is -0.368 e. The third-order valence-corrected chi connectivity index (χ3v) is 2.69. The Hall–Kier alpha value is -1.07. The second kappa shape index (κ2) is 6.02. The number of likely N-dealkylation sites (N-methyl/N-ethyl adjacent to an activating group) is 2. The van der Waals surface area contributed by atoms with E-state index in [1.165, 1.54) is 0 Å². The van der Waals surface area contributed by atoms with Crippen LogP contribution in [0.2, 0.25) is 5.15 Å². The molecule has 0 amide bonds. The van der Waals surface area contributed by atoms with E-state index >= 15 is 0 Å². The van der Waals surface area contributed by atoms with Crippen molar-refractivity contribution in [3.8, 4) is 0 Å². The molecule has 0 aromatic carbocycles. The lowest BCUT2D eigenvalue weighted by Gasteiger charge is -2.31. The minimum atomic E-state index is 0.211. The Morgan fingerprint density at radius 1 is 1.41 bits per heavy atom. The molecule has 6 heteroatoms. The molecule has 17 heavy (non-hydrogen) atoms. The predicted molar refractivity (Wildman–Crippen MR) is 72.5 cm³/mol. The highest BCUT2D eigenvalue weighted by Gasteiger charge is 2.16. The molecule has 96 valence electrons. The number of hydrogen-bond acceptors (Lipinski definition) is 5. The van der Waals surface area contributed by atoms with Crippen molar-refractivity contribution < 1.29 is 0 Å². The van der Waals surface area contributed by atoms with Crippen LogP contribution in [-0.2, 0) is 0 Å². The molecule has 2 N–H and O–H groups in total. The molecule has 0 spiro atoms. The van der Waals surface area contributed by atoms with Crippen molar-refractivity contribution in [3.63, 3.8) is 0 Å². The van der Waals surface area contributed by atoms with Gasteiger partial charge in [-0.05, 0) is 27.9 Å². The van der Waals surface area contributed by atoms with Crippen molar-refractivity contribution in [2.24, 2.45) is 0 Å². The van der Waals surface area contributed by atoms with E-state index in [1.807, 2.05) is 14.1 Å². The zero-order valence-electron chi connectivity index (χ0n) is 10.8. The summed E-state index contributed by atoms with van der Waals surface area (Å²) < 4.78 is 0. The summed E-state index contributed by atoms with van der Waals surface area (Å²) in [5.41, 5.74) is 5.61. The monoisotopic (exact) mass is 257 g/mol. The van der Waals surface area contributed by atoms with Gasteiger partial charge in [-0.3, -0.25) is 0 Å². The number of aromatic nitrogens is 2. The molecule has 1 aromatic rings. The van der Waals surface area contributed by atoms with E-state index in [4.69, 9.17) is 17.3 Å². The van der Waals surface area contributed by atoms with E-state index in [9.17, 15) is 0 Å². The third-order valence-electron chi connectivity index (χ3n) is 2.50. The molecule has 0 bridgehead atoms. The van der Waals surface area contributed by atoms with Gasteiger partial charge in [0.2, 0.25) is 5.95 Å². The average Bonchev–Trinajstić information content (AvgIpc) is 2.15. The van der Waals surface area contributed by atoms with Crippen molar-refractivity contribution in [3.05, 3.63) is 11.2 Å². The van der Waals surface area contributed by atoms with Crippen LogP contribution in [0.15, 0.2) is 6.07 Å². The van der Waals surface area contributed by atoms with Crippen molar-refractivity contribution in [1.29, 1.82) is 0 Å². The first kappa shape index (κ1) is 14.0. The summed E-state index contributed by atoms with van der Waals surface area (Å²) in [6.45, 7) is 6.02. The highest BCUT2D eigenvalue weighted by molar-refractivity contribution is 6.29. The molecular weight excluding hydrogens is 238 g/mol. The summed E-state index contributed by atoms with van der Waals surface area (Å²) in [4.78, 5) is 12.4. The summed E-state index contributed by atoms with van der Waals surface area (Å²) in [5, 5.41) is 0.378. The quantitative estimate of drug-likeness (QED) is 0.810. The molecule has 0 aliphatic carbocycles. The molecule has 0 radical (unpaired) electrons. The SMILES string of the molecule is CCN(c1cc(Cl)nc(N)n1)C(C)CN(C)C. The number of nitrogens with zero attached hydrogens (tertiary/aromatic N) is 4. The van der Waals surface area contributed by atoms with Crippen LogP contribution < -0.4 is 10.6 Å². The smallest absolute Gasteiger partial charge is 0.223 e. The molecule has 0 aliphatic heterocycles. The fourth-order valence-corrected chi connectivity index (χ4v) is 2.08. The first-order valence-corrected chi connectivity index (χ1v) is 6.03. The van der Waals surface area contributed by atoms with Crippen molar-refractivity contribution in [1.82, 2.24) is 14.9 Å². The van der Waals surface area contributed by atoms with Gasteiger partial charge >= 0.3 is 0 Å². The maximum Gasteiger partial charge on any atom is 0.223 e. The lowest BCUT2D eigenvalue weighted by Crippen LogP contribution is -2.40. The summed E-state index contributed by atoms with van der Waals surface area (Å²) in [6.07, 6.45) is 0. The molecule has 0 fully saturated rings. The molecule has 1 atom stereocenters. The summed E-state index contributed by atoms with van der Waals surface area (Å²) >= 11 is 5.89. The number of nitrogens with two attached hydrogens (primary N) is 1. The Labute approximate surface area is 108 Å². The van der Waals surface area contributed by atoms with Gasteiger partial charge in [0, 0.05) is 25.2 Å². The van der Waals surface area contributed by atoms with Crippen LogP contribution in [0.25, 0.3) is 0 Å². The molecule has 1 aromatic heterocycles. The highest BCUT2D eigenvalue weighted by atomic mass is 35.5. The number of nitrogen functional groups attached to an aromatic ring is 1. The maximum atomic E-state index is 5.89. The van der Waals surface area contributed by atoms with E-state index in [0.717, 1.165) is 18.9 Å². The Morgan fingerprint density at radius 2 is 2.06 bits per heavy atom. The van der Waals surface area contributed by atoms with Gasteiger partial charge in [-0.2, -0.15) is 4.98 Å². The van der Waals surface area contributed by atoms with E-state index < -0.39 is 0 Å². The van der Waals surface area contributed by atoms with Gasteiger partial charge < -0.3 is 15.5 Å². The van der Waals surface area contributed by atoms with Crippen LogP contribution in [0.5, 0.6) is 0 Å². The maximum absolute atomic E-state index is 5.89. The van der Waals surface area contributed by atoms with E-state index in [0.29, 0.717) is 11.2 Å². The van der Waals surface area contributed by atoms with Gasteiger partial charge in [0.05, 0.1) is 0 Å². The van der Waals surface area contributed by atoms with E-state index in [1.54, 1.807) is 6.07 Å². The lowest BCUT2D eigenvalue weighted by atomic mass is 10.2. The fourth-order valence-electron chi connectivity index (χ4n) is 1.90. The number of hydrogen-bond donors (Lipinski definition) is 1. The zero-order chi connectivity index (χ0) is 13.0. The zero-order valence-corrected chi connectivity index (χ0v) is 11.6. The third kappa shape index (κ3) is 4.02. The molecule has 0 saturated carbocycles. The molecule has 1 heterocycles. The molecule has 1 unspecified atom stereocenters. The van der Waals surface area contributed by atoms with Crippen LogP contribution in [0.1, 0.15) is 13.8 Å². The van der Waals surface area contributed by atoms with Gasteiger partial charge in [0.15, 0.2) is 0 Å². The lowest BCUT2D eigenvalue weighted by molar-refractivity contribution is 0.372. The Kier molecular flexibility index (Phi) is 4.96. The topological polar surface area (TPSA) is 58.3 Å². The van der Waals surface area contributed by atoms with Crippen LogP contribution >= 0.6 is 11.6 Å². The van der Waals surface area contributed by atoms with Crippen LogP contribution in [0, 0.1) is 0 Å². The summed E-state index contributed by atoms with van der Waals surface area (Å²) in [7, 11) is 4.09. The first-order valence-electron chi connectivity index (χ1n) is 5.65. The molecule has 0 saturated heterocycles. The Bertz CT molecular complexity index is 349. The van der Waals surface area contributed by atoms with Crippen LogP contribution in [0.3, 0.4) is 0 Å². The highest BCUT2D eigenvalue weighted by Crippen LogP contribution is 2.19. The number of anilines is 2. The van der Waals surface area contributed by atoms with Crippen molar-refractivity contribution in [2.75, 3.05) is 37.8 Å². The molecule has 5 nitrogen and oxygen atoms in total. The molecule has 1 rings (SSSR count). The van der Waals surface area contributed by atoms with Crippen molar-refractivity contribution in [2.45, 2.75) is 19.9 Å². The van der Waals surface area contributed by atoms with E-state index in [2.05, 4.69) is 33.6 Å². The molecule has 0 aliphatic rings.